The van der Waals surface area contributed by atoms with E-state index in [0.717, 1.165) is 0 Å². The summed E-state index contributed by atoms with van der Waals surface area (Å²) in [6.07, 6.45) is 0. The first-order valence-electron chi connectivity index (χ1n) is 4.35. The fourth-order valence-corrected chi connectivity index (χ4v) is 1.69. The second-order valence-electron chi connectivity index (χ2n) is 2.99. The number of halogens is 2. The van der Waals surface area contributed by atoms with Crippen molar-refractivity contribution < 1.29 is 13.9 Å². The molecule has 84 valence electrons. The van der Waals surface area contributed by atoms with Gasteiger partial charge in [0.15, 0.2) is 0 Å². The second-order valence-corrected chi connectivity index (χ2v) is 3.40. The first kappa shape index (κ1) is 12.4. The molecule has 1 aromatic rings. The molecule has 0 fully saturated rings. The van der Waals surface area contributed by atoms with E-state index in [-0.39, 0.29) is 11.6 Å². The van der Waals surface area contributed by atoms with Crippen LogP contribution >= 0.6 is 11.6 Å². The van der Waals surface area contributed by atoms with Crippen LogP contribution in [0.15, 0.2) is 18.2 Å². The summed E-state index contributed by atoms with van der Waals surface area (Å²) in [6.45, 7) is 0.0886. The van der Waals surface area contributed by atoms with Crippen LogP contribution in [-0.2, 0) is 15.3 Å². The van der Waals surface area contributed by atoms with E-state index in [0.29, 0.717) is 5.56 Å². The Labute approximate surface area is 92.9 Å². The largest absolute Gasteiger partial charge is 0.348 e. The van der Waals surface area contributed by atoms with Gasteiger partial charge in [-0.1, -0.05) is 11.6 Å². The highest BCUT2D eigenvalue weighted by Crippen LogP contribution is 2.31. The Bertz CT molecular complexity index is 334. The van der Waals surface area contributed by atoms with Crippen molar-refractivity contribution in [3.05, 3.63) is 34.6 Å². The molecule has 1 rings (SSSR count). The van der Waals surface area contributed by atoms with Crippen molar-refractivity contribution in [2.24, 2.45) is 5.73 Å². The molecule has 5 heteroatoms. The number of hydrogen-bond acceptors (Lipinski definition) is 3. The Balaban J connectivity index is 3.22. The summed E-state index contributed by atoms with van der Waals surface area (Å²) < 4.78 is 23.2. The Hall–Kier alpha value is -0.680. The van der Waals surface area contributed by atoms with Gasteiger partial charge in [-0.25, -0.2) is 4.39 Å². The molecule has 3 nitrogen and oxygen atoms in total. The molecule has 0 unspecified atom stereocenters. The van der Waals surface area contributed by atoms with Crippen LogP contribution in [0.3, 0.4) is 0 Å². The summed E-state index contributed by atoms with van der Waals surface area (Å²) in [5, 5.41) is 0.226. The van der Waals surface area contributed by atoms with Gasteiger partial charge < -0.3 is 15.2 Å². The summed E-state index contributed by atoms with van der Waals surface area (Å²) in [4.78, 5) is 0. The maximum Gasteiger partial charge on any atom is 0.208 e. The molecule has 0 aliphatic carbocycles. The van der Waals surface area contributed by atoms with Crippen molar-refractivity contribution in [3.63, 3.8) is 0 Å². The zero-order valence-corrected chi connectivity index (χ0v) is 9.34. The molecule has 0 amide bonds. The van der Waals surface area contributed by atoms with Gasteiger partial charge in [-0.2, -0.15) is 0 Å². The highest BCUT2D eigenvalue weighted by Gasteiger charge is 2.32. The molecule has 0 atom stereocenters. The van der Waals surface area contributed by atoms with E-state index in [9.17, 15) is 4.39 Å². The highest BCUT2D eigenvalue weighted by molar-refractivity contribution is 6.31. The number of rotatable bonds is 4. The number of nitrogens with two attached hydrogens (primary N) is 1. The Kier molecular flexibility index (Phi) is 4.04. The SMILES string of the molecule is COC(CN)(OC)c1ccc(F)cc1Cl. The minimum Gasteiger partial charge on any atom is -0.348 e. The van der Waals surface area contributed by atoms with Gasteiger partial charge in [-0.3, -0.25) is 0 Å². The minimum absolute atomic E-state index is 0.0886. The average molecular weight is 234 g/mol. The summed E-state index contributed by atoms with van der Waals surface area (Å²) in [7, 11) is 2.91. The fraction of sp³-hybridized carbons (Fsp3) is 0.400. The lowest BCUT2D eigenvalue weighted by atomic mass is 10.1. The first-order chi connectivity index (χ1) is 7.09. The molecule has 15 heavy (non-hydrogen) atoms. The van der Waals surface area contributed by atoms with E-state index in [1.54, 1.807) is 0 Å². The van der Waals surface area contributed by atoms with Crippen LogP contribution < -0.4 is 5.73 Å². The zero-order valence-electron chi connectivity index (χ0n) is 8.59. The van der Waals surface area contributed by atoms with Crippen LogP contribution in [0.2, 0.25) is 5.02 Å². The number of benzene rings is 1. The maximum atomic E-state index is 12.9. The van der Waals surface area contributed by atoms with Crippen molar-refractivity contribution >= 4 is 11.6 Å². The molecule has 0 radical (unpaired) electrons. The van der Waals surface area contributed by atoms with Crippen molar-refractivity contribution in [1.29, 1.82) is 0 Å². The molecule has 2 N–H and O–H groups in total. The quantitative estimate of drug-likeness (QED) is 0.808. The normalized spacial score (nSPS) is 11.8. The third kappa shape index (κ3) is 2.29. The van der Waals surface area contributed by atoms with Gasteiger partial charge in [0.25, 0.3) is 0 Å². The minimum atomic E-state index is -1.12. The van der Waals surface area contributed by atoms with E-state index in [1.165, 1.54) is 32.4 Å². The molecule has 0 aliphatic heterocycles. The molecule has 0 heterocycles. The Morgan fingerprint density at radius 3 is 2.40 bits per heavy atom. The van der Waals surface area contributed by atoms with Gasteiger partial charge in [0.1, 0.15) is 5.82 Å². The van der Waals surface area contributed by atoms with Crippen LogP contribution in [0.1, 0.15) is 5.56 Å². The second kappa shape index (κ2) is 4.90. The number of ether oxygens (including phenoxy) is 2. The summed E-state index contributed by atoms with van der Waals surface area (Å²) >= 11 is 5.89. The van der Waals surface area contributed by atoms with E-state index in [4.69, 9.17) is 26.8 Å². The van der Waals surface area contributed by atoms with Crippen molar-refractivity contribution in [1.82, 2.24) is 0 Å². The van der Waals surface area contributed by atoms with Crippen LogP contribution in [0.25, 0.3) is 0 Å². The van der Waals surface area contributed by atoms with Gasteiger partial charge in [0.05, 0.1) is 11.6 Å². The van der Waals surface area contributed by atoms with Crippen LogP contribution in [0.5, 0.6) is 0 Å². The lowest BCUT2D eigenvalue weighted by molar-refractivity contribution is -0.207. The smallest absolute Gasteiger partial charge is 0.208 e. The lowest BCUT2D eigenvalue weighted by Crippen LogP contribution is -2.39. The molecule has 0 spiro atoms. The molecule has 1 aromatic carbocycles. The third-order valence-corrected chi connectivity index (χ3v) is 2.58. The van der Waals surface area contributed by atoms with E-state index in [2.05, 4.69) is 0 Å². The lowest BCUT2D eigenvalue weighted by Gasteiger charge is -2.30. The molecule has 0 bridgehead atoms. The van der Waals surface area contributed by atoms with Crippen LogP contribution in [-0.4, -0.2) is 20.8 Å². The predicted molar refractivity (Wildman–Crippen MR) is 56.2 cm³/mol. The van der Waals surface area contributed by atoms with Gasteiger partial charge in [-0.05, 0) is 18.2 Å². The summed E-state index contributed by atoms with van der Waals surface area (Å²) in [5.74, 6) is -1.54. The first-order valence-corrected chi connectivity index (χ1v) is 4.73. The summed E-state index contributed by atoms with van der Waals surface area (Å²) in [5.41, 5.74) is 6.08. The molecule has 0 aromatic heterocycles. The predicted octanol–water partition coefficient (Wildman–Crippen LogP) is 1.88. The standard InChI is InChI=1S/C10H13ClFNO2/c1-14-10(6-13,15-2)8-4-3-7(12)5-9(8)11/h3-5H,6,13H2,1-2H3. The number of methoxy groups -OCH3 is 2. The molecule has 0 saturated carbocycles. The monoisotopic (exact) mass is 233 g/mol. The molecular weight excluding hydrogens is 221 g/mol. The van der Waals surface area contributed by atoms with Crippen molar-refractivity contribution in [2.45, 2.75) is 5.79 Å². The molecule has 0 aliphatic rings. The van der Waals surface area contributed by atoms with E-state index in [1.807, 2.05) is 0 Å². The summed E-state index contributed by atoms with van der Waals surface area (Å²) in [6, 6.07) is 3.97. The topological polar surface area (TPSA) is 44.5 Å². The van der Waals surface area contributed by atoms with Crippen LogP contribution in [0, 0.1) is 5.82 Å². The maximum absolute atomic E-state index is 12.9. The third-order valence-electron chi connectivity index (χ3n) is 2.27. The van der Waals surface area contributed by atoms with Gasteiger partial charge in [-0.15, -0.1) is 0 Å². The zero-order chi connectivity index (χ0) is 11.5. The Morgan fingerprint density at radius 2 is 2.00 bits per heavy atom. The molecular formula is C10H13ClFNO2. The Morgan fingerprint density at radius 1 is 1.40 bits per heavy atom. The van der Waals surface area contributed by atoms with Gasteiger partial charge in [0, 0.05) is 19.8 Å². The number of hydrogen-bond donors (Lipinski definition) is 1. The highest BCUT2D eigenvalue weighted by atomic mass is 35.5. The average Bonchev–Trinajstić information content (AvgIpc) is 2.23. The van der Waals surface area contributed by atoms with E-state index < -0.39 is 11.6 Å². The van der Waals surface area contributed by atoms with Crippen LogP contribution in [0.4, 0.5) is 4.39 Å². The van der Waals surface area contributed by atoms with E-state index >= 15 is 0 Å². The van der Waals surface area contributed by atoms with Crippen molar-refractivity contribution in [3.8, 4) is 0 Å². The van der Waals surface area contributed by atoms with Gasteiger partial charge >= 0.3 is 0 Å². The fourth-order valence-electron chi connectivity index (χ4n) is 1.38. The molecule has 0 saturated heterocycles. The van der Waals surface area contributed by atoms with Crippen molar-refractivity contribution in [2.75, 3.05) is 20.8 Å². The van der Waals surface area contributed by atoms with Gasteiger partial charge in [0.2, 0.25) is 5.79 Å².